The Kier molecular flexibility index (Phi) is 4.95. The highest BCUT2D eigenvalue weighted by Gasteiger charge is 2.21. The van der Waals surface area contributed by atoms with Gasteiger partial charge in [-0.25, -0.2) is 9.78 Å². The SMILES string of the molecule is CCc1c(OC(=O)NCCCn2ccnc2)noc1-c1ccco1. The van der Waals surface area contributed by atoms with Crippen molar-refractivity contribution in [1.29, 1.82) is 0 Å². The zero-order valence-corrected chi connectivity index (χ0v) is 13.3. The van der Waals surface area contributed by atoms with Crippen molar-refractivity contribution in [2.45, 2.75) is 26.3 Å². The Morgan fingerprint density at radius 2 is 2.38 bits per heavy atom. The molecule has 0 saturated heterocycles. The molecule has 0 fully saturated rings. The van der Waals surface area contributed by atoms with Crippen LogP contribution in [0.5, 0.6) is 5.88 Å². The first-order valence-electron chi connectivity index (χ1n) is 7.71. The number of hydrogen-bond acceptors (Lipinski definition) is 6. The van der Waals surface area contributed by atoms with Crippen molar-refractivity contribution in [2.75, 3.05) is 6.54 Å². The van der Waals surface area contributed by atoms with Gasteiger partial charge in [0, 0.05) is 25.5 Å². The van der Waals surface area contributed by atoms with Crippen molar-refractivity contribution in [3.63, 3.8) is 0 Å². The van der Waals surface area contributed by atoms with E-state index in [-0.39, 0.29) is 5.88 Å². The largest absolute Gasteiger partial charge is 0.461 e. The molecule has 8 nitrogen and oxygen atoms in total. The molecule has 0 spiro atoms. The lowest BCUT2D eigenvalue weighted by molar-refractivity contribution is 0.195. The van der Waals surface area contributed by atoms with Gasteiger partial charge >= 0.3 is 6.09 Å². The predicted octanol–water partition coefficient (Wildman–Crippen LogP) is 2.87. The number of rotatable bonds is 7. The topological polar surface area (TPSA) is 95.3 Å². The molecule has 8 heteroatoms. The summed E-state index contributed by atoms with van der Waals surface area (Å²) in [5, 5.41) is 6.51. The molecule has 3 heterocycles. The summed E-state index contributed by atoms with van der Waals surface area (Å²) in [7, 11) is 0. The van der Waals surface area contributed by atoms with E-state index in [4.69, 9.17) is 13.7 Å². The first kappa shape index (κ1) is 15.9. The van der Waals surface area contributed by atoms with Gasteiger partial charge in [0.15, 0.2) is 5.76 Å². The molecule has 1 amide bonds. The van der Waals surface area contributed by atoms with Crippen LogP contribution in [-0.4, -0.2) is 27.3 Å². The van der Waals surface area contributed by atoms with Gasteiger partial charge in [0.1, 0.15) is 0 Å². The number of aromatic nitrogens is 3. The van der Waals surface area contributed by atoms with Gasteiger partial charge in [-0.05, 0) is 30.1 Å². The van der Waals surface area contributed by atoms with Crippen molar-refractivity contribution in [2.24, 2.45) is 0 Å². The van der Waals surface area contributed by atoms with Crippen LogP contribution in [0.3, 0.4) is 0 Å². The summed E-state index contributed by atoms with van der Waals surface area (Å²) in [5.41, 5.74) is 0.693. The molecule has 3 aromatic heterocycles. The molecule has 0 aliphatic heterocycles. The number of aryl methyl sites for hydroxylation is 1. The quantitative estimate of drug-likeness (QED) is 0.669. The first-order valence-corrected chi connectivity index (χ1v) is 7.71. The third-order valence-corrected chi connectivity index (χ3v) is 3.46. The smallest absolute Gasteiger partial charge is 0.414 e. The van der Waals surface area contributed by atoms with E-state index in [0.717, 1.165) is 13.0 Å². The Hall–Kier alpha value is -3.03. The van der Waals surface area contributed by atoms with Gasteiger partial charge in [0.25, 0.3) is 5.88 Å². The number of imidazole rings is 1. The van der Waals surface area contributed by atoms with Crippen LogP contribution in [0.25, 0.3) is 11.5 Å². The summed E-state index contributed by atoms with van der Waals surface area (Å²) < 4.78 is 17.7. The van der Waals surface area contributed by atoms with Crippen LogP contribution in [0.2, 0.25) is 0 Å². The summed E-state index contributed by atoms with van der Waals surface area (Å²) in [6.45, 7) is 3.18. The van der Waals surface area contributed by atoms with Crippen molar-refractivity contribution >= 4 is 6.09 Å². The van der Waals surface area contributed by atoms with E-state index in [1.165, 1.54) is 0 Å². The molecular weight excluding hydrogens is 312 g/mol. The number of carbonyl (C=O) groups is 1. The highest BCUT2D eigenvalue weighted by Crippen LogP contribution is 2.31. The van der Waals surface area contributed by atoms with Crippen LogP contribution in [0.15, 0.2) is 46.1 Å². The van der Waals surface area contributed by atoms with Gasteiger partial charge in [0.2, 0.25) is 5.76 Å². The summed E-state index contributed by atoms with van der Waals surface area (Å²) >= 11 is 0. The molecule has 0 aliphatic carbocycles. The molecule has 0 atom stereocenters. The Balaban J connectivity index is 1.52. The molecule has 0 unspecified atom stereocenters. The molecule has 126 valence electrons. The van der Waals surface area contributed by atoms with Crippen LogP contribution in [0, 0.1) is 0 Å². The van der Waals surface area contributed by atoms with Gasteiger partial charge < -0.3 is 23.6 Å². The zero-order chi connectivity index (χ0) is 16.8. The van der Waals surface area contributed by atoms with Crippen LogP contribution in [0.1, 0.15) is 18.9 Å². The van der Waals surface area contributed by atoms with Crippen LogP contribution in [-0.2, 0) is 13.0 Å². The van der Waals surface area contributed by atoms with Gasteiger partial charge in [0.05, 0.1) is 18.2 Å². The fraction of sp³-hybridized carbons (Fsp3) is 0.312. The summed E-state index contributed by atoms with van der Waals surface area (Å²) in [4.78, 5) is 15.8. The Bertz CT molecular complexity index is 762. The zero-order valence-electron chi connectivity index (χ0n) is 13.3. The van der Waals surface area contributed by atoms with Gasteiger partial charge in [-0.3, -0.25) is 0 Å². The Labute approximate surface area is 138 Å². The molecule has 1 N–H and O–H groups in total. The first-order chi connectivity index (χ1) is 11.8. The lowest BCUT2D eigenvalue weighted by atomic mass is 10.1. The Morgan fingerprint density at radius 3 is 3.08 bits per heavy atom. The van der Waals surface area contributed by atoms with E-state index in [1.807, 2.05) is 17.7 Å². The highest BCUT2D eigenvalue weighted by atomic mass is 16.6. The second-order valence-electron chi connectivity index (χ2n) is 5.10. The van der Waals surface area contributed by atoms with Gasteiger partial charge in [-0.1, -0.05) is 6.92 Å². The molecule has 3 rings (SSSR count). The second kappa shape index (κ2) is 7.49. The minimum atomic E-state index is -0.561. The molecule has 3 aromatic rings. The van der Waals surface area contributed by atoms with E-state index in [1.54, 1.807) is 30.9 Å². The van der Waals surface area contributed by atoms with E-state index >= 15 is 0 Å². The lowest BCUT2D eigenvalue weighted by Gasteiger charge is -2.06. The minimum Gasteiger partial charge on any atom is -0.461 e. The van der Waals surface area contributed by atoms with Crippen LogP contribution in [0.4, 0.5) is 4.79 Å². The second-order valence-corrected chi connectivity index (χ2v) is 5.10. The van der Waals surface area contributed by atoms with Crippen molar-refractivity contribution in [1.82, 2.24) is 20.0 Å². The van der Waals surface area contributed by atoms with Crippen molar-refractivity contribution in [3.05, 3.63) is 42.7 Å². The molecule has 0 radical (unpaired) electrons. The van der Waals surface area contributed by atoms with Crippen molar-refractivity contribution in [3.8, 4) is 17.4 Å². The van der Waals surface area contributed by atoms with E-state index in [0.29, 0.717) is 30.0 Å². The lowest BCUT2D eigenvalue weighted by Crippen LogP contribution is -2.28. The number of nitrogens with zero attached hydrogens (tertiary/aromatic N) is 3. The number of nitrogens with one attached hydrogen (secondary N) is 1. The molecule has 0 saturated carbocycles. The maximum Gasteiger partial charge on any atom is 0.414 e. The summed E-state index contributed by atoms with van der Waals surface area (Å²) in [6.07, 6.45) is 7.68. The fourth-order valence-electron chi connectivity index (χ4n) is 2.28. The molecule has 24 heavy (non-hydrogen) atoms. The average molecular weight is 330 g/mol. The van der Waals surface area contributed by atoms with E-state index < -0.39 is 6.09 Å². The highest BCUT2D eigenvalue weighted by molar-refractivity contribution is 5.71. The third-order valence-electron chi connectivity index (χ3n) is 3.46. The number of hydrogen-bond donors (Lipinski definition) is 1. The molecule has 0 aromatic carbocycles. The predicted molar refractivity (Wildman–Crippen MR) is 84.5 cm³/mol. The monoisotopic (exact) mass is 330 g/mol. The van der Waals surface area contributed by atoms with Crippen molar-refractivity contribution < 1.29 is 18.5 Å². The number of furan rings is 1. The fourth-order valence-corrected chi connectivity index (χ4v) is 2.28. The minimum absolute atomic E-state index is 0.163. The number of ether oxygens (including phenoxy) is 1. The van der Waals surface area contributed by atoms with Crippen LogP contribution >= 0.6 is 0 Å². The van der Waals surface area contributed by atoms with Crippen LogP contribution < -0.4 is 10.1 Å². The standard InChI is InChI=1S/C16H18N4O4/c1-2-12-14(13-5-3-10-22-13)24-19-15(12)23-16(21)18-6-4-8-20-9-7-17-11-20/h3,5,7,9-11H,2,4,6,8H2,1H3,(H,18,21). The maximum absolute atomic E-state index is 11.9. The summed E-state index contributed by atoms with van der Waals surface area (Å²) in [5.74, 6) is 1.19. The summed E-state index contributed by atoms with van der Waals surface area (Å²) in [6, 6.07) is 3.52. The van der Waals surface area contributed by atoms with Gasteiger partial charge in [-0.2, -0.15) is 0 Å². The molecule has 0 aliphatic rings. The Morgan fingerprint density at radius 1 is 1.46 bits per heavy atom. The van der Waals surface area contributed by atoms with E-state index in [2.05, 4.69) is 15.5 Å². The molecular formula is C16H18N4O4. The van der Waals surface area contributed by atoms with Gasteiger partial charge in [-0.15, -0.1) is 0 Å². The average Bonchev–Trinajstić information content (AvgIpc) is 3.32. The number of carbonyl (C=O) groups excluding carboxylic acids is 1. The molecule has 0 bridgehead atoms. The van der Waals surface area contributed by atoms with E-state index in [9.17, 15) is 4.79 Å². The maximum atomic E-state index is 11.9. The number of amides is 1. The third kappa shape index (κ3) is 3.65. The normalized spacial score (nSPS) is 10.7.